The molecule has 0 aliphatic rings. The SMILES string of the molecule is O=C(Nc1cc(Cl)c(O)c(Cl)c1)c1cnc(Cl)cn1. The van der Waals surface area contributed by atoms with Crippen LogP contribution in [0.5, 0.6) is 5.75 Å². The maximum absolute atomic E-state index is 11.8. The molecule has 0 bridgehead atoms. The van der Waals surface area contributed by atoms with Crippen LogP contribution in [0.3, 0.4) is 0 Å². The molecule has 5 nitrogen and oxygen atoms in total. The maximum atomic E-state index is 11.8. The monoisotopic (exact) mass is 317 g/mol. The Hall–Kier alpha value is -1.56. The second-order valence-corrected chi connectivity index (χ2v) is 4.67. The molecular weight excluding hydrogens is 312 g/mol. The first kappa shape index (κ1) is 13.9. The van der Waals surface area contributed by atoms with Crippen LogP contribution < -0.4 is 5.32 Å². The number of nitrogens with zero attached hydrogens (tertiary/aromatic N) is 2. The van der Waals surface area contributed by atoms with E-state index < -0.39 is 5.91 Å². The summed E-state index contributed by atoms with van der Waals surface area (Å²) in [5.74, 6) is -0.741. The van der Waals surface area contributed by atoms with Gasteiger partial charge in [0.1, 0.15) is 10.8 Å². The smallest absolute Gasteiger partial charge is 0.275 e. The van der Waals surface area contributed by atoms with E-state index in [0.717, 1.165) is 0 Å². The van der Waals surface area contributed by atoms with E-state index >= 15 is 0 Å². The van der Waals surface area contributed by atoms with E-state index in [0.29, 0.717) is 5.69 Å². The number of amides is 1. The summed E-state index contributed by atoms with van der Waals surface area (Å²) in [4.78, 5) is 19.4. The molecule has 1 heterocycles. The summed E-state index contributed by atoms with van der Waals surface area (Å²) in [5, 5.41) is 12.2. The van der Waals surface area contributed by atoms with Crippen LogP contribution in [-0.4, -0.2) is 21.0 Å². The zero-order valence-electron chi connectivity index (χ0n) is 9.19. The van der Waals surface area contributed by atoms with Gasteiger partial charge in [-0.25, -0.2) is 9.97 Å². The molecule has 0 aliphatic carbocycles. The van der Waals surface area contributed by atoms with Gasteiger partial charge >= 0.3 is 0 Å². The lowest BCUT2D eigenvalue weighted by atomic mass is 10.3. The van der Waals surface area contributed by atoms with Crippen LogP contribution in [0.1, 0.15) is 10.5 Å². The first-order valence-electron chi connectivity index (χ1n) is 4.94. The van der Waals surface area contributed by atoms with Crippen LogP contribution in [0.2, 0.25) is 15.2 Å². The van der Waals surface area contributed by atoms with Gasteiger partial charge in [-0.05, 0) is 12.1 Å². The predicted molar refractivity (Wildman–Crippen MR) is 73.1 cm³/mol. The molecular formula is C11H6Cl3N3O2. The molecule has 1 aromatic heterocycles. The summed E-state index contributed by atoms with van der Waals surface area (Å²) in [6.45, 7) is 0. The minimum absolute atomic E-state index is 0.0324. The van der Waals surface area contributed by atoms with Gasteiger partial charge in [0.15, 0.2) is 5.75 Å². The number of benzene rings is 1. The highest BCUT2D eigenvalue weighted by atomic mass is 35.5. The fourth-order valence-corrected chi connectivity index (χ4v) is 1.85. The summed E-state index contributed by atoms with van der Waals surface area (Å²) in [6.07, 6.45) is 2.49. The Morgan fingerprint density at radius 2 is 1.74 bits per heavy atom. The van der Waals surface area contributed by atoms with Crippen molar-refractivity contribution in [3.05, 3.63) is 45.4 Å². The van der Waals surface area contributed by atoms with Crippen LogP contribution in [0, 0.1) is 0 Å². The Balaban J connectivity index is 2.22. The number of carbonyl (C=O) groups is 1. The van der Waals surface area contributed by atoms with Crippen LogP contribution in [0.4, 0.5) is 5.69 Å². The molecule has 0 saturated carbocycles. The van der Waals surface area contributed by atoms with E-state index in [1.807, 2.05) is 0 Å². The minimum Gasteiger partial charge on any atom is -0.505 e. The number of phenols is 1. The van der Waals surface area contributed by atoms with Crippen molar-refractivity contribution in [3.63, 3.8) is 0 Å². The van der Waals surface area contributed by atoms with Gasteiger partial charge < -0.3 is 10.4 Å². The Labute approximate surface area is 123 Å². The van der Waals surface area contributed by atoms with Crippen molar-refractivity contribution in [1.29, 1.82) is 0 Å². The van der Waals surface area contributed by atoms with Gasteiger partial charge in [-0.2, -0.15) is 0 Å². The first-order valence-corrected chi connectivity index (χ1v) is 6.07. The van der Waals surface area contributed by atoms with E-state index in [1.165, 1.54) is 24.5 Å². The molecule has 2 aromatic rings. The molecule has 19 heavy (non-hydrogen) atoms. The Kier molecular flexibility index (Phi) is 4.09. The largest absolute Gasteiger partial charge is 0.505 e. The number of anilines is 1. The molecule has 2 N–H and O–H groups in total. The standard InChI is InChI=1S/C11H6Cl3N3O2/c12-6-1-5(2-7(13)10(6)18)17-11(19)8-3-16-9(14)4-15-8/h1-4,18H,(H,17,19). The normalized spacial score (nSPS) is 10.3. The van der Waals surface area contributed by atoms with Gasteiger partial charge in [0.05, 0.1) is 22.4 Å². The Morgan fingerprint density at radius 3 is 2.26 bits per heavy atom. The molecule has 1 amide bonds. The summed E-state index contributed by atoms with van der Waals surface area (Å²) in [6, 6.07) is 2.73. The van der Waals surface area contributed by atoms with Gasteiger partial charge in [-0.1, -0.05) is 34.8 Å². The fourth-order valence-electron chi connectivity index (χ4n) is 1.26. The molecule has 0 aliphatic heterocycles. The van der Waals surface area contributed by atoms with Crippen LogP contribution in [0.15, 0.2) is 24.5 Å². The van der Waals surface area contributed by atoms with Crippen LogP contribution >= 0.6 is 34.8 Å². The number of nitrogens with one attached hydrogen (secondary N) is 1. The molecule has 0 spiro atoms. The van der Waals surface area contributed by atoms with Gasteiger partial charge in [0, 0.05) is 5.69 Å². The van der Waals surface area contributed by atoms with Gasteiger partial charge in [-0.15, -0.1) is 0 Å². The summed E-state index contributed by atoms with van der Waals surface area (Å²) >= 11 is 17.0. The van der Waals surface area contributed by atoms with E-state index in [1.54, 1.807) is 0 Å². The number of aromatic nitrogens is 2. The second kappa shape index (κ2) is 5.61. The number of hydrogen-bond acceptors (Lipinski definition) is 4. The van der Waals surface area contributed by atoms with E-state index in [4.69, 9.17) is 34.8 Å². The summed E-state index contributed by atoms with van der Waals surface area (Å²) in [5.41, 5.74) is 0.416. The predicted octanol–water partition coefficient (Wildman–Crippen LogP) is 3.39. The molecule has 0 radical (unpaired) electrons. The number of rotatable bonds is 2. The van der Waals surface area contributed by atoms with Crippen molar-refractivity contribution < 1.29 is 9.90 Å². The summed E-state index contributed by atoms with van der Waals surface area (Å²) in [7, 11) is 0. The molecule has 0 fully saturated rings. The summed E-state index contributed by atoms with van der Waals surface area (Å²) < 4.78 is 0. The average molecular weight is 319 g/mol. The zero-order chi connectivity index (χ0) is 14.0. The number of carbonyl (C=O) groups excluding carboxylic acids is 1. The third-order valence-electron chi connectivity index (χ3n) is 2.13. The third-order valence-corrected chi connectivity index (χ3v) is 2.90. The zero-order valence-corrected chi connectivity index (χ0v) is 11.5. The molecule has 0 unspecified atom stereocenters. The number of phenolic OH excluding ortho intramolecular Hbond substituents is 1. The van der Waals surface area contributed by atoms with E-state index in [9.17, 15) is 9.90 Å². The van der Waals surface area contributed by atoms with Crippen molar-refractivity contribution in [2.24, 2.45) is 0 Å². The molecule has 0 atom stereocenters. The second-order valence-electron chi connectivity index (χ2n) is 3.47. The highest BCUT2D eigenvalue weighted by Crippen LogP contribution is 2.34. The molecule has 1 aromatic carbocycles. The fraction of sp³-hybridized carbons (Fsp3) is 0. The van der Waals surface area contributed by atoms with Crippen molar-refractivity contribution in [2.45, 2.75) is 0 Å². The van der Waals surface area contributed by atoms with Crippen molar-refractivity contribution in [3.8, 4) is 5.75 Å². The van der Waals surface area contributed by atoms with Crippen molar-refractivity contribution in [1.82, 2.24) is 9.97 Å². The van der Waals surface area contributed by atoms with E-state index in [2.05, 4.69) is 15.3 Å². The first-order chi connectivity index (χ1) is 8.97. The lowest BCUT2D eigenvalue weighted by Crippen LogP contribution is -2.13. The number of hydrogen-bond donors (Lipinski definition) is 2. The lowest BCUT2D eigenvalue weighted by Gasteiger charge is -2.07. The molecule has 0 saturated heterocycles. The van der Waals surface area contributed by atoms with Crippen LogP contribution in [-0.2, 0) is 0 Å². The topological polar surface area (TPSA) is 75.1 Å². The molecule has 2 rings (SSSR count). The maximum Gasteiger partial charge on any atom is 0.275 e. The number of aromatic hydroxyl groups is 1. The van der Waals surface area contributed by atoms with Crippen molar-refractivity contribution in [2.75, 3.05) is 5.32 Å². The quantitative estimate of drug-likeness (QED) is 0.832. The minimum atomic E-state index is -0.498. The third kappa shape index (κ3) is 3.26. The average Bonchev–Trinajstić information content (AvgIpc) is 2.36. The van der Waals surface area contributed by atoms with Gasteiger partial charge in [0.25, 0.3) is 5.91 Å². The molecule has 8 heteroatoms. The Bertz CT molecular complexity index is 609. The highest BCUT2D eigenvalue weighted by molar-refractivity contribution is 6.37. The number of halogens is 3. The van der Waals surface area contributed by atoms with Gasteiger partial charge in [-0.3, -0.25) is 4.79 Å². The van der Waals surface area contributed by atoms with E-state index in [-0.39, 0.29) is 26.6 Å². The molecule has 98 valence electrons. The van der Waals surface area contributed by atoms with Gasteiger partial charge in [0.2, 0.25) is 0 Å². The highest BCUT2D eigenvalue weighted by Gasteiger charge is 2.11. The van der Waals surface area contributed by atoms with Crippen molar-refractivity contribution >= 4 is 46.4 Å². The van der Waals surface area contributed by atoms with Crippen LogP contribution in [0.25, 0.3) is 0 Å². The Morgan fingerprint density at radius 1 is 1.11 bits per heavy atom. The lowest BCUT2D eigenvalue weighted by molar-refractivity contribution is 0.102.